The monoisotopic (exact) mass is 374 g/mol. The SMILES string of the molecule is CC1CCS(=O)(=O)CCN1C(=O)N[C@@H]1C[C@H]1c1c(F)cccc1Cl. The molecule has 1 unspecified atom stereocenters. The quantitative estimate of drug-likeness (QED) is 0.865. The Kier molecular flexibility index (Phi) is 4.75. The summed E-state index contributed by atoms with van der Waals surface area (Å²) in [5.74, 6) is -0.403. The van der Waals surface area contributed by atoms with E-state index in [4.69, 9.17) is 11.6 Å². The molecule has 1 aromatic rings. The number of hydrogen-bond donors (Lipinski definition) is 1. The summed E-state index contributed by atoms with van der Waals surface area (Å²) < 4.78 is 37.4. The Balaban J connectivity index is 1.64. The van der Waals surface area contributed by atoms with E-state index in [2.05, 4.69) is 5.32 Å². The predicted octanol–water partition coefficient (Wildman–Crippen LogP) is 2.55. The van der Waals surface area contributed by atoms with Crippen LogP contribution in [-0.2, 0) is 9.84 Å². The lowest BCUT2D eigenvalue weighted by atomic mass is 10.1. The maximum absolute atomic E-state index is 13.9. The molecule has 0 radical (unpaired) electrons. The number of nitrogens with zero attached hydrogens (tertiary/aromatic N) is 1. The summed E-state index contributed by atoms with van der Waals surface area (Å²) >= 11 is 6.06. The van der Waals surface area contributed by atoms with Crippen molar-refractivity contribution >= 4 is 27.5 Å². The smallest absolute Gasteiger partial charge is 0.317 e. The Morgan fingerprint density at radius 2 is 2.12 bits per heavy atom. The highest BCUT2D eigenvalue weighted by Gasteiger charge is 2.43. The van der Waals surface area contributed by atoms with Crippen molar-refractivity contribution in [2.45, 2.75) is 37.8 Å². The third-order valence-electron chi connectivity index (χ3n) is 4.75. The molecule has 1 aliphatic carbocycles. The van der Waals surface area contributed by atoms with Gasteiger partial charge in [-0.1, -0.05) is 17.7 Å². The standard InChI is InChI=1S/C16H20ClFN2O3S/c1-10-5-7-24(22,23)8-6-20(10)16(21)19-14-9-11(14)15-12(17)3-2-4-13(15)18/h2-4,10-11,14H,5-9H2,1H3,(H,19,21)/t10?,11-,14-/m1/s1. The molecule has 1 N–H and O–H groups in total. The average molecular weight is 375 g/mol. The number of rotatable bonds is 2. The molecule has 3 rings (SSSR count). The molecule has 1 heterocycles. The van der Waals surface area contributed by atoms with Crippen LogP contribution in [-0.4, -0.2) is 49.5 Å². The molecule has 3 atom stereocenters. The van der Waals surface area contributed by atoms with Gasteiger partial charge in [0.15, 0.2) is 9.84 Å². The summed E-state index contributed by atoms with van der Waals surface area (Å²) in [5.41, 5.74) is 0.441. The molecule has 1 aliphatic heterocycles. The maximum atomic E-state index is 13.9. The van der Waals surface area contributed by atoms with Gasteiger partial charge in [-0.3, -0.25) is 0 Å². The lowest BCUT2D eigenvalue weighted by Gasteiger charge is -2.27. The molecule has 2 fully saturated rings. The number of hydrogen-bond acceptors (Lipinski definition) is 3. The van der Waals surface area contributed by atoms with Gasteiger partial charge in [0, 0.05) is 35.1 Å². The number of halogens is 2. The molecule has 5 nitrogen and oxygen atoms in total. The number of carbonyl (C=O) groups excluding carboxylic acids is 1. The van der Waals surface area contributed by atoms with Crippen LogP contribution in [0.15, 0.2) is 18.2 Å². The van der Waals surface area contributed by atoms with Gasteiger partial charge in [-0.15, -0.1) is 0 Å². The van der Waals surface area contributed by atoms with Gasteiger partial charge < -0.3 is 10.2 Å². The van der Waals surface area contributed by atoms with Crippen molar-refractivity contribution in [3.63, 3.8) is 0 Å². The minimum Gasteiger partial charge on any atom is -0.335 e. The minimum absolute atomic E-state index is 0.0159. The molecule has 0 aromatic heterocycles. The number of carbonyl (C=O) groups is 1. The van der Waals surface area contributed by atoms with E-state index in [9.17, 15) is 17.6 Å². The first-order valence-electron chi connectivity index (χ1n) is 8.00. The second kappa shape index (κ2) is 6.52. The zero-order valence-corrected chi connectivity index (χ0v) is 14.9. The van der Waals surface area contributed by atoms with Crippen molar-refractivity contribution in [1.82, 2.24) is 10.2 Å². The first kappa shape index (κ1) is 17.5. The van der Waals surface area contributed by atoms with Crippen LogP contribution in [0.4, 0.5) is 9.18 Å². The molecule has 1 aromatic carbocycles. The van der Waals surface area contributed by atoms with Crippen LogP contribution < -0.4 is 5.32 Å². The van der Waals surface area contributed by atoms with Gasteiger partial charge in [-0.25, -0.2) is 17.6 Å². The predicted molar refractivity (Wildman–Crippen MR) is 90.5 cm³/mol. The van der Waals surface area contributed by atoms with Crippen molar-refractivity contribution in [3.05, 3.63) is 34.6 Å². The molecule has 24 heavy (non-hydrogen) atoms. The number of amides is 2. The largest absolute Gasteiger partial charge is 0.335 e. The summed E-state index contributed by atoms with van der Waals surface area (Å²) in [6.07, 6.45) is 1.07. The van der Waals surface area contributed by atoms with E-state index in [0.29, 0.717) is 23.4 Å². The van der Waals surface area contributed by atoms with Gasteiger partial charge in [0.1, 0.15) is 5.82 Å². The summed E-state index contributed by atoms with van der Waals surface area (Å²) in [5, 5.41) is 3.25. The Bertz CT molecular complexity index is 735. The normalized spacial score (nSPS) is 29.0. The van der Waals surface area contributed by atoms with Gasteiger partial charge in [0.25, 0.3) is 0 Å². The third kappa shape index (κ3) is 3.67. The molecular weight excluding hydrogens is 355 g/mol. The minimum atomic E-state index is -3.09. The van der Waals surface area contributed by atoms with E-state index in [1.807, 2.05) is 6.92 Å². The van der Waals surface area contributed by atoms with Crippen LogP contribution in [0.25, 0.3) is 0 Å². The van der Waals surface area contributed by atoms with E-state index >= 15 is 0 Å². The Morgan fingerprint density at radius 3 is 2.83 bits per heavy atom. The molecule has 132 valence electrons. The molecule has 0 bridgehead atoms. The fourth-order valence-electron chi connectivity index (χ4n) is 3.15. The van der Waals surface area contributed by atoms with Gasteiger partial charge in [-0.05, 0) is 31.9 Å². The number of urea groups is 1. The van der Waals surface area contributed by atoms with Gasteiger partial charge >= 0.3 is 6.03 Å². The summed E-state index contributed by atoms with van der Waals surface area (Å²) in [4.78, 5) is 14.0. The molecule has 2 amide bonds. The maximum Gasteiger partial charge on any atom is 0.317 e. The summed E-state index contributed by atoms with van der Waals surface area (Å²) in [6, 6.07) is 3.95. The average Bonchev–Trinajstić information content (AvgIpc) is 3.25. The number of nitrogens with one attached hydrogen (secondary N) is 1. The van der Waals surface area contributed by atoms with Crippen molar-refractivity contribution < 1.29 is 17.6 Å². The number of sulfone groups is 1. The highest BCUT2D eigenvalue weighted by molar-refractivity contribution is 7.91. The number of benzene rings is 1. The zero-order valence-electron chi connectivity index (χ0n) is 13.3. The zero-order chi connectivity index (χ0) is 17.5. The van der Waals surface area contributed by atoms with Crippen LogP contribution in [0.1, 0.15) is 31.2 Å². The Morgan fingerprint density at radius 1 is 1.38 bits per heavy atom. The van der Waals surface area contributed by atoms with Crippen molar-refractivity contribution in [2.75, 3.05) is 18.1 Å². The topological polar surface area (TPSA) is 66.5 Å². The van der Waals surface area contributed by atoms with Crippen LogP contribution in [0.3, 0.4) is 0 Å². The van der Waals surface area contributed by atoms with Crippen molar-refractivity contribution in [1.29, 1.82) is 0 Å². The molecule has 1 saturated heterocycles. The van der Waals surface area contributed by atoms with Gasteiger partial charge in [0.2, 0.25) is 0 Å². The van der Waals surface area contributed by atoms with Gasteiger partial charge in [0.05, 0.1) is 11.5 Å². The van der Waals surface area contributed by atoms with Crippen molar-refractivity contribution in [2.24, 2.45) is 0 Å². The highest BCUT2D eigenvalue weighted by Crippen LogP contribution is 2.45. The van der Waals surface area contributed by atoms with Crippen LogP contribution in [0.2, 0.25) is 5.02 Å². The van der Waals surface area contributed by atoms with E-state index in [-0.39, 0.29) is 47.9 Å². The van der Waals surface area contributed by atoms with Crippen LogP contribution in [0, 0.1) is 5.82 Å². The fraction of sp³-hybridized carbons (Fsp3) is 0.562. The Labute approximate surface area is 146 Å². The van der Waals surface area contributed by atoms with Crippen LogP contribution >= 0.6 is 11.6 Å². The van der Waals surface area contributed by atoms with Crippen LogP contribution in [0.5, 0.6) is 0 Å². The third-order valence-corrected chi connectivity index (χ3v) is 6.74. The summed E-state index contributed by atoms with van der Waals surface area (Å²) in [7, 11) is -3.09. The second-order valence-corrected chi connectivity index (χ2v) is 9.23. The van der Waals surface area contributed by atoms with Crippen molar-refractivity contribution in [3.8, 4) is 0 Å². The first-order valence-corrected chi connectivity index (χ1v) is 10.2. The van der Waals surface area contributed by atoms with Gasteiger partial charge in [-0.2, -0.15) is 0 Å². The molecule has 8 heteroatoms. The first-order chi connectivity index (χ1) is 11.3. The highest BCUT2D eigenvalue weighted by atomic mass is 35.5. The molecular formula is C16H20ClFN2O3S. The summed E-state index contributed by atoms with van der Waals surface area (Å²) in [6.45, 7) is 2.03. The fourth-order valence-corrected chi connectivity index (χ4v) is 4.83. The van der Waals surface area contributed by atoms with E-state index in [0.717, 1.165) is 0 Å². The lowest BCUT2D eigenvalue weighted by Crippen LogP contribution is -2.46. The Hall–Kier alpha value is -1.34. The lowest BCUT2D eigenvalue weighted by molar-refractivity contribution is 0.182. The molecule has 2 aliphatic rings. The van der Waals surface area contributed by atoms with E-state index in [1.165, 1.54) is 6.07 Å². The van der Waals surface area contributed by atoms with E-state index in [1.54, 1.807) is 17.0 Å². The molecule has 0 spiro atoms. The molecule has 1 saturated carbocycles. The van der Waals surface area contributed by atoms with E-state index < -0.39 is 9.84 Å². The second-order valence-electron chi connectivity index (χ2n) is 6.52.